The summed E-state index contributed by atoms with van der Waals surface area (Å²) in [5.74, 6) is 1.03. The standard InChI is InChI=1S/C23H24N2O5/c1-13(2)24-10-11-25-22(27)23-29-18-9-8-15(12-19(18)30-23)21-14(3)20(26)16-6-4-5-7-17(16)28-21/h4-9,12-13,23-24H,10-11H2,1-3H3,(H,25,27). The van der Waals surface area contributed by atoms with E-state index in [9.17, 15) is 9.59 Å². The summed E-state index contributed by atoms with van der Waals surface area (Å²) in [6, 6.07) is 12.7. The second-order valence-corrected chi connectivity index (χ2v) is 7.51. The van der Waals surface area contributed by atoms with Crippen LogP contribution in [0, 0.1) is 6.92 Å². The van der Waals surface area contributed by atoms with Gasteiger partial charge in [0.2, 0.25) is 0 Å². The first-order valence-corrected chi connectivity index (χ1v) is 9.95. The fourth-order valence-electron chi connectivity index (χ4n) is 3.34. The summed E-state index contributed by atoms with van der Waals surface area (Å²) in [4.78, 5) is 25.0. The molecule has 0 aliphatic carbocycles. The highest BCUT2D eigenvalue weighted by Crippen LogP contribution is 2.39. The van der Waals surface area contributed by atoms with Crippen molar-refractivity contribution in [1.29, 1.82) is 0 Å². The SMILES string of the molecule is Cc1c(-c2ccc3c(c2)OC(C(=O)NCCNC(C)C)O3)oc2ccccc2c1=O. The van der Waals surface area contributed by atoms with Crippen molar-refractivity contribution in [3.8, 4) is 22.8 Å². The zero-order chi connectivity index (χ0) is 21.3. The van der Waals surface area contributed by atoms with Crippen LogP contribution >= 0.6 is 0 Å². The van der Waals surface area contributed by atoms with Gasteiger partial charge in [0.1, 0.15) is 11.3 Å². The molecule has 30 heavy (non-hydrogen) atoms. The highest BCUT2D eigenvalue weighted by atomic mass is 16.7. The Bertz CT molecular complexity index is 1150. The lowest BCUT2D eigenvalue weighted by Gasteiger charge is -2.12. The van der Waals surface area contributed by atoms with E-state index in [4.69, 9.17) is 13.9 Å². The molecule has 3 aromatic rings. The van der Waals surface area contributed by atoms with Crippen LogP contribution in [-0.2, 0) is 4.79 Å². The molecule has 0 saturated heterocycles. The van der Waals surface area contributed by atoms with Crippen molar-refractivity contribution in [3.05, 3.63) is 58.3 Å². The molecule has 4 rings (SSSR count). The number of rotatable bonds is 6. The van der Waals surface area contributed by atoms with Crippen molar-refractivity contribution in [2.24, 2.45) is 0 Å². The molecule has 2 aromatic carbocycles. The first kappa shape index (κ1) is 20.0. The monoisotopic (exact) mass is 408 g/mol. The minimum Gasteiger partial charge on any atom is -0.456 e. The fraction of sp³-hybridized carbons (Fsp3) is 0.304. The Hall–Kier alpha value is -3.32. The molecular weight excluding hydrogens is 384 g/mol. The van der Waals surface area contributed by atoms with Gasteiger partial charge in [-0.15, -0.1) is 0 Å². The molecule has 7 nitrogen and oxygen atoms in total. The number of para-hydroxylation sites is 1. The number of hydrogen-bond acceptors (Lipinski definition) is 6. The van der Waals surface area contributed by atoms with Gasteiger partial charge in [0.25, 0.3) is 0 Å². The predicted octanol–water partition coefficient (Wildman–Crippen LogP) is 2.98. The largest absolute Gasteiger partial charge is 0.456 e. The van der Waals surface area contributed by atoms with E-state index in [1.807, 2.05) is 26.0 Å². The van der Waals surface area contributed by atoms with Crippen LogP contribution < -0.4 is 25.5 Å². The van der Waals surface area contributed by atoms with Gasteiger partial charge in [0.05, 0.1) is 5.39 Å². The van der Waals surface area contributed by atoms with E-state index < -0.39 is 6.29 Å². The van der Waals surface area contributed by atoms with E-state index >= 15 is 0 Å². The molecule has 0 saturated carbocycles. The van der Waals surface area contributed by atoms with Crippen molar-refractivity contribution in [1.82, 2.24) is 10.6 Å². The van der Waals surface area contributed by atoms with Gasteiger partial charge < -0.3 is 24.5 Å². The van der Waals surface area contributed by atoms with Crippen LogP contribution in [0.5, 0.6) is 11.5 Å². The smallest absolute Gasteiger partial charge is 0.321 e. The fourth-order valence-corrected chi connectivity index (χ4v) is 3.34. The van der Waals surface area contributed by atoms with Gasteiger partial charge in [0.15, 0.2) is 16.9 Å². The number of ether oxygens (including phenoxy) is 2. The first-order chi connectivity index (χ1) is 14.4. The normalized spacial score (nSPS) is 15.0. The Labute approximate surface area is 174 Å². The topological polar surface area (TPSA) is 89.8 Å². The van der Waals surface area contributed by atoms with E-state index in [1.165, 1.54) is 0 Å². The van der Waals surface area contributed by atoms with Crippen molar-refractivity contribution in [3.63, 3.8) is 0 Å². The lowest BCUT2D eigenvalue weighted by atomic mass is 10.1. The average molecular weight is 408 g/mol. The maximum atomic E-state index is 12.7. The summed E-state index contributed by atoms with van der Waals surface area (Å²) >= 11 is 0. The van der Waals surface area contributed by atoms with Crippen LogP contribution in [0.3, 0.4) is 0 Å². The van der Waals surface area contributed by atoms with E-state index in [0.29, 0.717) is 58.5 Å². The summed E-state index contributed by atoms with van der Waals surface area (Å²) in [5, 5.41) is 6.56. The third-order valence-electron chi connectivity index (χ3n) is 4.89. The third-order valence-corrected chi connectivity index (χ3v) is 4.89. The molecule has 1 aromatic heterocycles. The molecule has 1 unspecified atom stereocenters. The van der Waals surface area contributed by atoms with Gasteiger partial charge >= 0.3 is 12.2 Å². The number of nitrogens with one attached hydrogen (secondary N) is 2. The number of benzene rings is 2. The van der Waals surface area contributed by atoms with Crippen molar-refractivity contribution < 1.29 is 18.7 Å². The molecule has 0 radical (unpaired) electrons. The molecule has 2 heterocycles. The first-order valence-electron chi connectivity index (χ1n) is 9.95. The molecule has 0 bridgehead atoms. The van der Waals surface area contributed by atoms with E-state index in [0.717, 1.165) is 0 Å². The molecule has 1 aliphatic heterocycles. The zero-order valence-electron chi connectivity index (χ0n) is 17.2. The summed E-state index contributed by atoms with van der Waals surface area (Å²) in [6.07, 6.45) is -1.04. The summed E-state index contributed by atoms with van der Waals surface area (Å²) < 4.78 is 17.3. The lowest BCUT2D eigenvalue weighted by Crippen LogP contribution is -2.43. The molecule has 156 valence electrons. The van der Waals surface area contributed by atoms with Crippen molar-refractivity contribution in [2.75, 3.05) is 13.1 Å². The van der Waals surface area contributed by atoms with E-state index in [1.54, 1.807) is 37.3 Å². The van der Waals surface area contributed by atoms with Gasteiger partial charge in [-0.05, 0) is 37.3 Å². The van der Waals surface area contributed by atoms with Crippen LogP contribution in [0.15, 0.2) is 51.7 Å². The Morgan fingerprint density at radius 2 is 1.83 bits per heavy atom. The molecule has 2 N–H and O–H groups in total. The third kappa shape index (κ3) is 3.89. The van der Waals surface area contributed by atoms with Crippen LogP contribution in [0.25, 0.3) is 22.3 Å². The van der Waals surface area contributed by atoms with E-state index in [2.05, 4.69) is 10.6 Å². The second-order valence-electron chi connectivity index (χ2n) is 7.51. The minimum absolute atomic E-state index is 0.0724. The number of amides is 1. The van der Waals surface area contributed by atoms with Crippen LogP contribution in [-0.4, -0.2) is 31.3 Å². The lowest BCUT2D eigenvalue weighted by molar-refractivity contribution is -0.136. The number of hydrogen-bond donors (Lipinski definition) is 2. The Morgan fingerprint density at radius 1 is 1.07 bits per heavy atom. The zero-order valence-corrected chi connectivity index (χ0v) is 17.2. The Kier molecular flexibility index (Phi) is 5.46. The summed E-state index contributed by atoms with van der Waals surface area (Å²) in [7, 11) is 0. The molecule has 1 amide bonds. The van der Waals surface area contributed by atoms with Gasteiger partial charge in [-0.1, -0.05) is 26.0 Å². The quantitative estimate of drug-likeness (QED) is 0.610. The number of carbonyl (C=O) groups excluding carboxylic acids is 1. The molecule has 7 heteroatoms. The summed E-state index contributed by atoms with van der Waals surface area (Å²) in [6.45, 7) is 6.95. The van der Waals surface area contributed by atoms with E-state index in [-0.39, 0.29) is 11.3 Å². The predicted molar refractivity (Wildman–Crippen MR) is 114 cm³/mol. The van der Waals surface area contributed by atoms with Crippen molar-refractivity contribution in [2.45, 2.75) is 33.1 Å². The van der Waals surface area contributed by atoms with Crippen LogP contribution in [0.2, 0.25) is 0 Å². The maximum Gasteiger partial charge on any atom is 0.321 e. The summed E-state index contributed by atoms with van der Waals surface area (Å²) in [5.41, 5.74) is 1.64. The van der Waals surface area contributed by atoms with Crippen LogP contribution in [0.1, 0.15) is 19.4 Å². The number of carbonyl (C=O) groups is 1. The molecule has 0 fully saturated rings. The van der Waals surface area contributed by atoms with Gasteiger partial charge in [-0.25, -0.2) is 0 Å². The minimum atomic E-state index is -1.04. The van der Waals surface area contributed by atoms with Gasteiger partial charge in [0, 0.05) is 30.3 Å². The van der Waals surface area contributed by atoms with Gasteiger partial charge in [-0.2, -0.15) is 0 Å². The van der Waals surface area contributed by atoms with Gasteiger partial charge in [-0.3, -0.25) is 9.59 Å². The average Bonchev–Trinajstić information content (AvgIpc) is 3.17. The molecular formula is C23H24N2O5. The molecule has 0 spiro atoms. The Morgan fingerprint density at radius 3 is 2.63 bits per heavy atom. The Balaban J connectivity index is 1.53. The maximum absolute atomic E-state index is 12.7. The highest BCUT2D eigenvalue weighted by Gasteiger charge is 2.31. The molecule has 1 aliphatic rings. The number of fused-ring (bicyclic) bond motifs is 2. The highest BCUT2D eigenvalue weighted by molar-refractivity contribution is 5.82. The second kappa shape index (κ2) is 8.20. The van der Waals surface area contributed by atoms with Crippen molar-refractivity contribution >= 4 is 16.9 Å². The molecule has 1 atom stereocenters. The van der Waals surface area contributed by atoms with Crippen LogP contribution in [0.4, 0.5) is 0 Å².